The van der Waals surface area contributed by atoms with E-state index >= 15 is 0 Å². The third kappa shape index (κ3) is 14.0. The minimum Gasteiger partial charge on any atom is -0.480 e. The van der Waals surface area contributed by atoms with Gasteiger partial charge >= 0.3 is 5.97 Å². The van der Waals surface area contributed by atoms with E-state index in [1.54, 1.807) is 13.3 Å². The van der Waals surface area contributed by atoms with Crippen LogP contribution in [0.1, 0.15) is 26.7 Å². The predicted octanol–water partition coefficient (Wildman–Crippen LogP) is 1.21. The number of aldehydes is 1. The molecule has 0 fully saturated rings. The lowest BCUT2D eigenvalue weighted by Crippen LogP contribution is -2.33. The largest absolute Gasteiger partial charge is 0.480 e. The molecule has 0 saturated heterocycles. The maximum atomic E-state index is 10.3. The van der Waals surface area contributed by atoms with Crippen molar-refractivity contribution in [2.45, 2.75) is 32.7 Å². The predicted molar refractivity (Wildman–Crippen MR) is 62.0 cm³/mol. The van der Waals surface area contributed by atoms with E-state index in [4.69, 9.17) is 5.11 Å². The van der Waals surface area contributed by atoms with E-state index in [9.17, 15) is 9.59 Å². The molecule has 0 rings (SSSR count). The molecule has 0 spiro atoms. The number of carboxylic acid groups (broad SMARTS) is 1. The van der Waals surface area contributed by atoms with E-state index in [-0.39, 0.29) is 6.42 Å². The van der Waals surface area contributed by atoms with Crippen LogP contribution in [0.4, 0.5) is 0 Å². The summed E-state index contributed by atoms with van der Waals surface area (Å²) in [4.78, 5) is 20.1. The van der Waals surface area contributed by atoms with Gasteiger partial charge in [0.25, 0.3) is 0 Å². The second kappa shape index (κ2) is 18.3. The normalized spacial score (nSPS) is 9.79. The van der Waals surface area contributed by atoms with Crippen LogP contribution in [0.15, 0.2) is 0 Å². The first kappa shape index (κ1) is 19.1. The van der Waals surface area contributed by atoms with Crippen LogP contribution in [-0.4, -0.2) is 36.7 Å². The highest BCUT2D eigenvalue weighted by molar-refractivity contribution is 7.79. The molecule has 0 bridgehead atoms. The Hall–Kier alpha value is -0.550. The molecule has 0 aromatic carbocycles. The molecule has 0 aliphatic heterocycles. The van der Waals surface area contributed by atoms with E-state index in [1.165, 1.54) is 0 Å². The van der Waals surface area contributed by atoms with Gasteiger partial charge in [0.2, 0.25) is 0 Å². The van der Waals surface area contributed by atoms with Gasteiger partial charge in [0.15, 0.2) is 0 Å². The Labute approximate surface area is 91.5 Å². The first-order valence-electron chi connectivity index (χ1n) is 4.50. The molecule has 14 heavy (non-hydrogen) atoms. The highest BCUT2D eigenvalue weighted by Gasteiger charge is 2.12. The maximum Gasteiger partial charge on any atom is 0.320 e. The number of thiol groups is 1. The summed E-state index contributed by atoms with van der Waals surface area (Å²) in [5.74, 6) is -0.913. The fraction of sp³-hybridized carbons (Fsp3) is 0.778. The Morgan fingerprint density at radius 2 is 1.93 bits per heavy atom. The van der Waals surface area contributed by atoms with Gasteiger partial charge in [-0.25, -0.2) is 0 Å². The van der Waals surface area contributed by atoms with Crippen LogP contribution < -0.4 is 5.32 Å². The topological polar surface area (TPSA) is 66.4 Å². The maximum absolute atomic E-state index is 10.3. The Kier molecular flexibility index (Phi) is 24.9. The minimum atomic E-state index is -0.913. The zero-order valence-corrected chi connectivity index (χ0v) is 10.2. The zero-order chi connectivity index (χ0) is 12.0. The van der Waals surface area contributed by atoms with Crippen molar-refractivity contribution in [3.63, 3.8) is 0 Å². The molecule has 0 aromatic rings. The van der Waals surface area contributed by atoms with E-state index in [0.29, 0.717) is 12.7 Å². The van der Waals surface area contributed by atoms with Crippen LogP contribution in [0.3, 0.4) is 0 Å². The van der Waals surface area contributed by atoms with Gasteiger partial charge in [0.05, 0.1) is 0 Å². The van der Waals surface area contributed by atoms with Crippen molar-refractivity contribution in [3.8, 4) is 0 Å². The van der Waals surface area contributed by atoms with Crippen molar-refractivity contribution in [1.82, 2.24) is 5.32 Å². The van der Waals surface area contributed by atoms with Crippen molar-refractivity contribution < 1.29 is 14.7 Å². The highest BCUT2D eigenvalue weighted by Crippen LogP contribution is 1.93. The minimum absolute atomic E-state index is 0.289. The lowest BCUT2D eigenvalue weighted by atomic mass is 10.2. The number of carbonyl (C=O) groups excluding carboxylic acids is 1. The third-order valence-corrected chi connectivity index (χ3v) is 1.22. The Morgan fingerprint density at radius 3 is 2.14 bits per heavy atom. The van der Waals surface area contributed by atoms with Crippen LogP contribution in [0.5, 0.6) is 0 Å². The van der Waals surface area contributed by atoms with Gasteiger partial charge in [-0.05, 0) is 19.7 Å². The van der Waals surface area contributed by atoms with Crippen molar-refractivity contribution >= 4 is 24.9 Å². The molecule has 86 valence electrons. The summed E-state index contributed by atoms with van der Waals surface area (Å²) in [5.41, 5.74) is 0. The van der Waals surface area contributed by atoms with Crippen LogP contribution in [0.2, 0.25) is 0 Å². The smallest absolute Gasteiger partial charge is 0.320 e. The summed E-state index contributed by atoms with van der Waals surface area (Å²) in [6.07, 6.45) is 3.06. The standard InChI is InChI=1S/C6H11NO3.C2H6.CH4S/c1-7-5(6(9)10)3-2-4-8;2*1-2/h4-5,7H,2-3H2,1H3,(H,9,10);1-2H3;2H,1H3. The number of hydrogen-bond donors (Lipinski definition) is 3. The molecule has 5 heteroatoms. The molecule has 0 radical (unpaired) electrons. The van der Waals surface area contributed by atoms with E-state index in [2.05, 4.69) is 17.9 Å². The molecule has 0 amide bonds. The fourth-order valence-corrected chi connectivity index (χ4v) is 0.626. The molecule has 1 unspecified atom stereocenters. The molecule has 0 aliphatic rings. The lowest BCUT2D eigenvalue weighted by Gasteiger charge is -2.07. The quantitative estimate of drug-likeness (QED) is 0.484. The molecular weight excluding hydrogens is 202 g/mol. The molecular formula is C9H21NO3S. The van der Waals surface area contributed by atoms with Crippen molar-refractivity contribution in [3.05, 3.63) is 0 Å². The SMILES string of the molecule is CC.CNC(CCC=O)C(=O)O.CS. The monoisotopic (exact) mass is 223 g/mol. The molecule has 0 aromatic heterocycles. The van der Waals surface area contributed by atoms with Crippen molar-refractivity contribution in [2.24, 2.45) is 0 Å². The third-order valence-electron chi connectivity index (χ3n) is 1.22. The number of likely N-dealkylation sites (N-methyl/N-ethyl adjacent to an activating group) is 1. The summed E-state index contributed by atoms with van der Waals surface area (Å²) >= 11 is 3.53. The second-order valence-corrected chi connectivity index (χ2v) is 1.92. The number of nitrogens with one attached hydrogen (secondary N) is 1. The van der Waals surface area contributed by atoms with Crippen LogP contribution in [-0.2, 0) is 9.59 Å². The number of rotatable bonds is 5. The van der Waals surface area contributed by atoms with Gasteiger partial charge in [0.1, 0.15) is 12.3 Å². The molecule has 4 nitrogen and oxygen atoms in total. The lowest BCUT2D eigenvalue weighted by molar-refractivity contribution is -0.139. The van der Waals surface area contributed by atoms with E-state index in [1.807, 2.05) is 13.8 Å². The van der Waals surface area contributed by atoms with Crippen LogP contribution in [0.25, 0.3) is 0 Å². The number of hydrogen-bond acceptors (Lipinski definition) is 4. The number of carboxylic acids is 1. The summed E-state index contributed by atoms with van der Waals surface area (Å²) in [6, 6.07) is -0.592. The summed E-state index contributed by atoms with van der Waals surface area (Å²) in [6.45, 7) is 4.00. The summed E-state index contributed by atoms with van der Waals surface area (Å²) in [5, 5.41) is 11.0. The van der Waals surface area contributed by atoms with Crippen molar-refractivity contribution in [2.75, 3.05) is 13.3 Å². The van der Waals surface area contributed by atoms with Gasteiger partial charge < -0.3 is 15.2 Å². The summed E-state index contributed by atoms with van der Waals surface area (Å²) in [7, 11) is 1.56. The molecule has 0 saturated carbocycles. The van der Waals surface area contributed by atoms with Crippen molar-refractivity contribution in [1.29, 1.82) is 0 Å². The first-order chi connectivity index (χ1) is 6.72. The van der Waals surface area contributed by atoms with E-state index < -0.39 is 12.0 Å². The number of aliphatic carboxylic acids is 1. The Bertz CT molecular complexity index is 131. The second-order valence-electron chi connectivity index (χ2n) is 1.92. The Balaban J connectivity index is -0.000000266. The van der Waals surface area contributed by atoms with E-state index in [0.717, 1.165) is 0 Å². The van der Waals surface area contributed by atoms with Gasteiger partial charge in [-0.2, -0.15) is 12.6 Å². The average molecular weight is 223 g/mol. The van der Waals surface area contributed by atoms with Gasteiger partial charge in [-0.3, -0.25) is 4.79 Å². The first-order valence-corrected chi connectivity index (χ1v) is 5.40. The van der Waals surface area contributed by atoms with Crippen LogP contribution in [0, 0.1) is 0 Å². The van der Waals surface area contributed by atoms with Gasteiger partial charge in [-0.1, -0.05) is 13.8 Å². The molecule has 0 heterocycles. The molecule has 0 aliphatic carbocycles. The number of carbonyl (C=O) groups is 2. The summed E-state index contributed by atoms with van der Waals surface area (Å²) < 4.78 is 0. The zero-order valence-electron chi connectivity index (χ0n) is 9.28. The highest BCUT2D eigenvalue weighted by atomic mass is 32.1. The van der Waals surface area contributed by atoms with Gasteiger partial charge in [0, 0.05) is 6.42 Å². The molecule has 2 N–H and O–H groups in total. The van der Waals surface area contributed by atoms with Crippen LogP contribution >= 0.6 is 12.6 Å². The Morgan fingerprint density at radius 1 is 1.50 bits per heavy atom. The average Bonchev–Trinajstić information content (AvgIpc) is 2.24. The fourth-order valence-electron chi connectivity index (χ4n) is 0.626. The van der Waals surface area contributed by atoms with Gasteiger partial charge in [-0.15, -0.1) is 0 Å². The molecule has 1 atom stereocenters.